The third-order valence-electron chi connectivity index (χ3n) is 7.21. The van der Waals surface area contributed by atoms with Gasteiger partial charge in [-0.1, -0.05) is 38.1 Å². The highest BCUT2D eigenvalue weighted by atomic mass is 16.2. The molecule has 2 heterocycles. The summed E-state index contributed by atoms with van der Waals surface area (Å²) >= 11 is 0. The van der Waals surface area contributed by atoms with Crippen LogP contribution in [-0.2, 0) is 27.3 Å². The lowest BCUT2D eigenvalue weighted by atomic mass is 9.97. The molecule has 1 saturated heterocycles. The lowest BCUT2D eigenvalue weighted by molar-refractivity contribution is -0.140. The molecule has 1 saturated carbocycles. The molecule has 31 heavy (non-hydrogen) atoms. The minimum Gasteiger partial charge on any atom is -0.356 e. The Morgan fingerprint density at radius 1 is 1.03 bits per heavy atom. The van der Waals surface area contributed by atoms with Crippen molar-refractivity contribution in [1.29, 1.82) is 0 Å². The Balaban J connectivity index is 1.53. The summed E-state index contributed by atoms with van der Waals surface area (Å²) in [7, 11) is 0. The van der Waals surface area contributed by atoms with Crippen molar-refractivity contribution in [3.05, 3.63) is 35.4 Å². The Labute approximate surface area is 185 Å². The number of fused-ring (bicyclic) bond motifs is 2. The summed E-state index contributed by atoms with van der Waals surface area (Å²) < 4.78 is 0. The third kappa shape index (κ3) is 4.63. The second kappa shape index (κ2) is 9.41. The van der Waals surface area contributed by atoms with Gasteiger partial charge < -0.3 is 15.1 Å². The lowest BCUT2D eigenvalue weighted by Gasteiger charge is -2.35. The van der Waals surface area contributed by atoms with E-state index in [-0.39, 0.29) is 41.5 Å². The highest BCUT2D eigenvalue weighted by Gasteiger charge is 2.46. The first kappa shape index (κ1) is 21.8. The zero-order valence-electron chi connectivity index (χ0n) is 18.8. The molecule has 0 spiro atoms. The number of carbonyl (C=O) groups is 3. The van der Waals surface area contributed by atoms with Crippen molar-refractivity contribution in [2.45, 2.75) is 65.0 Å². The molecular formula is C25H35N3O3. The van der Waals surface area contributed by atoms with Crippen molar-refractivity contribution in [2.24, 2.45) is 17.8 Å². The molecule has 0 bridgehead atoms. The first-order chi connectivity index (χ1) is 15.0. The maximum absolute atomic E-state index is 13.5. The molecule has 6 heteroatoms. The Bertz CT molecular complexity index is 837. The Morgan fingerprint density at radius 2 is 1.81 bits per heavy atom. The molecule has 0 radical (unpaired) electrons. The van der Waals surface area contributed by atoms with Crippen LogP contribution in [0.2, 0.25) is 0 Å². The number of carbonyl (C=O) groups excluding carboxylic acids is 3. The summed E-state index contributed by atoms with van der Waals surface area (Å²) in [5.74, 6) is -0.362. The molecule has 1 N–H and O–H groups in total. The van der Waals surface area contributed by atoms with Crippen LogP contribution in [0.15, 0.2) is 24.3 Å². The lowest BCUT2D eigenvalue weighted by Crippen LogP contribution is -2.49. The van der Waals surface area contributed by atoms with E-state index in [2.05, 4.69) is 17.4 Å². The molecule has 0 aromatic heterocycles. The van der Waals surface area contributed by atoms with Gasteiger partial charge in [-0.3, -0.25) is 14.4 Å². The van der Waals surface area contributed by atoms with Crippen molar-refractivity contribution >= 4 is 17.7 Å². The minimum absolute atomic E-state index is 0.00717. The van der Waals surface area contributed by atoms with Gasteiger partial charge in [0.15, 0.2) is 0 Å². The molecule has 1 aliphatic carbocycles. The third-order valence-corrected chi connectivity index (χ3v) is 7.21. The van der Waals surface area contributed by atoms with E-state index >= 15 is 0 Å². The molecule has 0 unspecified atom stereocenters. The van der Waals surface area contributed by atoms with Crippen LogP contribution in [0.5, 0.6) is 0 Å². The molecular weight excluding hydrogens is 390 g/mol. The predicted molar refractivity (Wildman–Crippen MR) is 119 cm³/mol. The highest BCUT2D eigenvalue weighted by Crippen LogP contribution is 2.38. The topological polar surface area (TPSA) is 69.7 Å². The first-order valence-corrected chi connectivity index (χ1v) is 11.9. The van der Waals surface area contributed by atoms with Gasteiger partial charge in [0, 0.05) is 44.1 Å². The Kier molecular flexibility index (Phi) is 6.63. The van der Waals surface area contributed by atoms with E-state index in [1.807, 2.05) is 35.8 Å². The Morgan fingerprint density at radius 3 is 2.58 bits per heavy atom. The molecule has 2 fully saturated rings. The largest absolute Gasteiger partial charge is 0.356 e. The molecule has 1 aromatic rings. The predicted octanol–water partition coefficient (Wildman–Crippen LogP) is 2.75. The number of benzene rings is 1. The van der Waals surface area contributed by atoms with Gasteiger partial charge in [-0.15, -0.1) is 0 Å². The smallest absolute Gasteiger partial charge is 0.226 e. The fraction of sp³-hybridized carbons (Fsp3) is 0.640. The van der Waals surface area contributed by atoms with Crippen LogP contribution in [0.25, 0.3) is 0 Å². The van der Waals surface area contributed by atoms with E-state index in [0.29, 0.717) is 32.5 Å². The second-order valence-corrected chi connectivity index (χ2v) is 9.66. The molecule has 1 aromatic carbocycles. The molecule has 3 aliphatic rings. The summed E-state index contributed by atoms with van der Waals surface area (Å²) in [4.78, 5) is 43.4. The highest BCUT2D eigenvalue weighted by molar-refractivity contribution is 5.86. The summed E-state index contributed by atoms with van der Waals surface area (Å²) in [6.45, 7) is 6.56. The summed E-state index contributed by atoms with van der Waals surface area (Å²) in [5.41, 5.74) is 2.54. The second-order valence-electron chi connectivity index (χ2n) is 9.66. The molecule has 6 nitrogen and oxygen atoms in total. The van der Waals surface area contributed by atoms with Crippen LogP contribution in [0.1, 0.15) is 57.1 Å². The SMILES string of the molecule is CC(C)C(=O)N1CCCCCNC(=O)[C@H]2C[C@H](C(=O)N3CCc4ccccc4C3)C[C@H]21. The van der Waals surface area contributed by atoms with E-state index in [0.717, 1.165) is 32.2 Å². The van der Waals surface area contributed by atoms with E-state index in [4.69, 9.17) is 0 Å². The number of amides is 3. The van der Waals surface area contributed by atoms with E-state index in [1.165, 1.54) is 11.1 Å². The van der Waals surface area contributed by atoms with Gasteiger partial charge in [-0.2, -0.15) is 0 Å². The van der Waals surface area contributed by atoms with Crippen LogP contribution in [-0.4, -0.2) is 53.2 Å². The zero-order valence-corrected chi connectivity index (χ0v) is 18.8. The fourth-order valence-electron chi connectivity index (χ4n) is 5.48. The fourth-order valence-corrected chi connectivity index (χ4v) is 5.48. The van der Waals surface area contributed by atoms with E-state index in [9.17, 15) is 14.4 Å². The first-order valence-electron chi connectivity index (χ1n) is 11.9. The summed E-state index contributed by atoms with van der Waals surface area (Å²) in [6, 6.07) is 8.13. The van der Waals surface area contributed by atoms with Crippen LogP contribution in [0.3, 0.4) is 0 Å². The standard InChI is InChI=1S/C25H35N3O3/c1-17(2)24(30)28-12-7-3-6-11-26-23(29)21-14-20(15-22(21)28)25(31)27-13-10-18-8-4-5-9-19(18)16-27/h4-5,8-9,17,20-22H,3,6-7,10-16H2,1-2H3,(H,26,29)/t20-,21-,22+/m0/s1. The Hall–Kier alpha value is -2.37. The van der Waals surface area contributed by atoms with Crippen molar-refractivity contribution in [2.75, 3.05) is 19.6 Å². The van der Waals surface area contributed by atoms with Gasteiger partial charge >= 0.3 is 0 Å². The maximum atomic E-state index is 13.5. The molecule has 4 rings (SSSR count). The monoisotopic (exact) mass is 425 g/mol. The molecule has 3 atom stereocenters. The summed E-state index contributed by atoms with van der Waals surface area (Å²) in [6.07, 6.45) is 4.87. The van der Waals surface area contributed by atoms with Gasteiger partial charge in [0.25, 0.3) is 0 Å². The van der Waals surface area contributed by atoms with E-state index < -0.39 is 0 Å². The van der Waals surface area contributed by atoms with Crippen LogP contribution in [0.4, 0.5) is 0 Å². The van der Waals surface area contributed by atoms with Crippen molar-refractivity contribution < 1.29 is 14.4 Å². The number of hydrogen-bond acceptors (Lipinski definition) is 3. The quantitative estimate of drug-likeness (QED) is 0.792. The minimum atomic E-state index is -0.299. The summed E-state index contributed by atoms with van der Waals surface area (Å²) in [5, 5.41) is 3.06. The number of nitrogens with one attached hydrogen (secondary N) is 1. The number of hydrogen-bond donors (Lipinski definition) is 1. The van der Waals surface area contributed by atoms with Crippen molar-refractivity contribution in [3.8, 4) is 0 Å². The molecule has 168 valence electrons. The number of nitrogens with zero attached hydrogens (tertiary/aromatic N) is 2. The molecule has 2 aliphatic heterocycles. The number of rotatable bonds is 2. The average molecular weight is 426 g/mol. The van der Waals surface area contributed by atoms with Crippen molar-refractivity contribution in [3.63, 3.8) is 0 Å². The van der Waals surface area contributed by atoms with Gasteiger partial charge in [-0.25, -0.2) is 0 Å². The normalized spacial score (nSPS) is 26.8. The van der Waals surface area contributed by atoms with Crippen LogP contribution < -0.4 is 5.32 Å². The van der Waals surface area contributed by atoms with Crippen LogP contribution in [0, 0.1) is 17.8 Å². The van der Waals surface area contributed by atoms with Gasteiger partial charge in [0.2, 0.25) is 17.7 Å². The van der Waals surface area contributed by atoms with E-state index in [1.54, 1.807) is 0 Å². The van der Waals surface area contributed by atoms with Crippen molar-refractivity contribution in [1.82, 2.24) is 15.1 Å². The van der Waals surface area contributed by atoms with Gasteiger partial charge in [-0.05, 0) is 49.7 Å². The molecule has 3 amide bonds. The zero-order chi connectivity index (χ0) is 22.0. The van der Waals surface area contributed by atoms with Gasteiger partial charge in [0.05, 0.1) is 5.92 Å². The average Bonchev–Trinajstić information content (AvgIpc) is 3.22. The van der Waals surface area contributed by atoms with Crippen LogP contribution >= 0.6 is 0 Å². The maximum Gasteiger partial charge on any atom is 0.226 e. The van der Waals surface area contributed by atoms with Gasteiger partial charge in [0.1, 0.15) is 0 Å².